The number of para-hydroxylation sites is 2. The molecule has 1 fully saturated rings. The van der Waals surface area contributed by atoms with Gasteiger partial charge in [-0.1, -0.05) is 30.3 Å². The Labute approximate surface area is 210 Å². The number of methoxy groups -OCH3 is 1. The number of nitrogens with one attached hydrogen (secondary N) is 1. The molecule has 2 aromatic heterocycles. The first-order chi connectivity index (χ1) is 17.0. The molecular weight excluding hydrogens is 456 g/mol. The fourth-order valence-corrected chi connectivity index (χ4v) is 5.26. The first kappa shape index (κ1) is 22.9. The number of hydrogen-bond donors (Lipinski definition) is 2. The largest absolute Gasteiger partial charge is 0.506 e. The van der Waals surface area contributed by atoms with E-state index >= 15 is 0 Å². The van der Waals surface area contributed by atoms with E-state index in [-0.39, 0.29) is 17.8 Å². The highest BCUT2D eigenvalue weighted by molar-refractivity contribution is 7.80. The van der Waals surface area contributed by atoms with E-state index < -0.39 is 0 Å². The molecule has 0 aliphatic carbocycles. The summed E-state index contributed by atoms with van der Waals surface area (Å²) in [4.78, 5) is 6.88. The predicted octanol–water partition coefficient (Wildman–Crippen LogP) is 5.38. The first-order valence-electron chi connectivity index (χ1n) is 11.6. The zero-order valence-corrected chi connectivity index (χ0v) is 20.8. The summed E-state index contributed by atoms with van der Waals surface area (Å²) in [5.74, 6) is 1.07. The van der Waals surface area contributed by atoms with Crippen molar-refractivity contribution in [1.82, 2.24) is 19.8 Å². The van der Waals surface area contributed by atoms with Crippen molar-refractivity contribution in [3.05, 3.63) is 107 Å². The molecule has 7 heteroatoms. The van der Waals surface area contributed by atoms with Gasteiger partial charge in [0, 0.05) is 24.1 Å². The van der Waals surface area contributed by atoms with Gasteiger partial charge in [-0.15, -0.1) is 0 Å². The number of aryl methyl sites for hydroxylation is 1. The summed E-state index contributed by atoms with van der Waals surface area (Å²) in [6, 6.07) is 23.5. The maximum Gasteiger partial charge on any atom is 0.170 e. The molecule has 2 unspecified atom stereocenters. The molecule has 3 heterocycles. The van der Waals surface area contributed by atoms with Gasteiger partial charge in [-0.3, -0.25) is 4.98 Å². The molecule has 0 bridgehead atoms. The van der Waals surface area contributed by atoms with Crippen molar-refractivity contribution in [1.29, 1.82) is 0 Å². The molecule has 178 valence electrons. The van der Waals surface area contributed by atoms with Gasteiger partial charge in [0.2, 0.25) is 0 Å². The van der Waals surface area contributed by atoms with Crippen LogP contribution < -0.4 is 10.1 Å². The van der Waals surface area contributed by atoms with Crippen LogP contribution in [0.25, 0.3) is 5.69 Å². The Balaban J connectivity index is 1.60. The normalized spacial score (nSPS) is 17.5. The van der Waals surface area contributed by atoms with Gasteiger partial charge in [0.15, 0.2) is 5.11 Å². The second-order valence-corrected chi connectivity index (χ2v) is 9.14. The van der Waals surface area contributed by atoms with E-state index in [4.69, 9.17) is 17.0 Å². The van der Waals surface area contributed by atoms with Crippen LogP contribution in [0.2, 0.25) is 0 Å². The van der Waals surface area contributed by atoms with Gasteiger partial charge in [0.1, 0.15) is 11.5 Å². The van der Waals surface area contributed by atoms with Crippen molar-refractivity contribution in [2.75, 3.05) is 7.11 Å². The lowest BCUT2D eigenvalue weighted by Crippen LogP contribution is -2.29. The molecule has 2 atom stereocenters. The lowest BCUT2D eigenvalue weighted by atomic mass is 9.96. The van der Waals surface area contributed by atoms with Crippen LogP contribution in [0.15, 0.2) is 79.0 Å². The molecule has 1 aliphatic rings. The Kier molecular flexibility index (Phi) is 6.17. The summed E-state index contributed by atoms with van der Waals surface area (Å²) >= 11 is 5.86. The molecule has 0 spiro atoms. The fraction of sp³-hybridized carbons (Fsp3) is 0.214. The molecule has 35 heavy (non-hydrogen) atoms. The summed E-state index contributed by atoms with van der Waals surface area (Å²) in [6.07, 6.45) is 1.81. The molecule has 4 aromatic rings. The highest BCUT2D eigenvalue weighted by Crippen LogP contribution is 2.42. The number of phenols is 1. The minimum atomic E-state index is -0.111. The van der Waals surface area contributed by atoms with Crippen LogP contribution in [0.3, 0.4) is 0 Å². The third kappa shape index (κ3) is 4.23. The van der Waals surface area contributed by atoms with Gasteiger partial charge in [0.05, 0.1) is 30.6 Å². The lowest BCUT2D eigenvalue weighted by Gasteiger charge is -2.28. The molecule has 6 nitrogen and oxygen atoms in total. The molecular formula is C28H28N4O2S. The van der Waals surface area contributed by atoms with Crippen LogP contribution in [0.1, 0.15) is 40.3 Å². The summed E-state index contributed by atoms with van der Waals surface area (Å²) in [5, 5.41) is 14.8. The first-order valence-corrected chi connectivity index (χ1v) is 12.0. The Morgan fingerprint density at radius 1 is 1.03 bits per heavy atom. The van der Waals surface area contributed by atoms with Crippen LogP contribution in [0, 0.1) is 13.8 Å². The molecule has 1 saturated heterocycles. The Hall–Kier alpha value is -3.84. The van der Waals surface area contributed by atoms with Crippen LogP contribution >= 0.6 is 12.2 Å². The van der Waals surface area contributed by atoms with Gasteiger partial charge in [-0.2, -0.15) is 0 Å². The van der Waals surface area contributed by atoms with Crippen LogP contribution in [0.5, 0.6) is 11.5 Å². The number of phenolic OH excluding ortho intramolecular Hbond substituents is 1. The Bertz CT molecular complexity index is 1350. The van der Waals surface area contributed by atoms with Crippen molar-refractivity contribution >= 4 is 17.3 Å². The SMILES string of the molecule is COc1ccc(CN2C(=S)NC(c3ccccn3)C2c2cc(C)n(-c3ccccc3O)c2C)cc1. The number of hydrogen-bond acceptors (Lipinski definition) is 4. The molecule has 2 aromatic carbocycles. The van der Waals surface area contributed by atoms with E-state index in [2.05, 4.69) is 51.8 Å². The highest BCUT2D eigenvalue weighted by atomic mass is 32.1. The van der Waals surface area contributed by atoms with Gasteiger partial charge >= 0.3 is 0 Å². The topological polar surface area (TPSA) is 62.5 Å². The second kappa shape index (κ2) is 9.43. The monoisotopic (exact) mass is 484 g/mol. The van der Waals surface area contributed by atoms with E-state index in [0.29, 0.717) is 11.7 Å². The van der Waals surface area contributed by atoms with Crippen LogP contribution in [-0.2, 0) is 6.54 Å². The number of pyridine rings is 1. The zero-order valence-electron chi connectivity index (χ0n) is 20.0. The molecule has 1 aliphatic heterocycles. The average molecular weight is 485 g/mol. The summed E-state index contributed by atoms with van der Waals surface area (Å²) in [5.41, 5.74) is 6.07. The molecule has 0 saturated carbocycles. The molecule has 0 radical (unpaired) electrons. The van der Waals surface area contributed by atoms with E-state index in [1.807, 2.05) is 54.7 Å². The zero-order chi connectivity index (χ0) is 24.5. The number of aromatic nitrogens is 2. The van der Waals surface area contributed by atoms with Crippen LogP contribution in [-0.4, -0.2) is 31.8 Å². The Morgan fingerprint density at radius 3 is 2.46 bits per heavy atom. The van der Waals surface area contributed by atoms with Crippen molar-refractivity contribution < 1.29 is 9.84 Å². The quantitative estimate of drug-likeness (QED) is 0.359. The number of thiocarbonyl (C=S) groups is 1. The molecule has 0 amide bonds. The third-order valence-electron chi connectivity index (χ3n) is 6.62. The fourth-order valence-electron chi connectivity index (χ4n) is 4.95. The smallest absolute Gasteiger partial charge is 0.170 e. The van der Waals surface area contributed by atoms with E-state index in [1.165, 1.54) is 0 Å². The van der Waals surface area contributed by atoms with Gasteiger partial charge in [-0.05, 0) is 79.7 Å². The van der Waals surface area contributed by atoms with E-state index in [0.717, 1.165) is 39.6 Å². The van der Waals surface area contributed by atoms with Crippen molar-refractivity contribution in [2.24, 2.45) is 0 Å². The second-order valence-electron chi connectivity index (χ2n) is 8.75. The van der Waals surface area contributed by atoms with Crippen LogP contribution in [0.4, 0.5) is 0 Å². The standard InChI is InChI=1S/C28H28N4O2S/c1-18-16-22(19(2)32(18)24-9-4-5-10-25(24)33)27-26(23-8-6-7-15-29-23)30-28(35)31(27)17-20-11-13-21(34-3)14-12-20/h4-16,26-27,33H,17H2,1-3H3,(H,30,35). The van der Waals surface area contributed by atoms with Gasteiger partial charge in [-0.25, -0.2) is 0 Å². The number of aromatic hydroxyl groups is 1. The van der Waals surface area contributed by atoms with Gasteiger partial charge in [0.25, 0.3) is 0 Å². The third-order valence-corrected chi connectivity index (χ3v) is 6.97. The number of ether oxygens (including phenoxy) is 1. The summed E-state index contributed by atoms with van der Waals surface area (Å²) < 4.78 is 7.43. The van der Waals surface area contributed by atoms with Crippen molar-refractivity contribution in [2.45, 2.75) is 32.5 Å². The van der Waals surface area contributed by atoms with Gasteiger partial charge < -0.3 is 24.6 Å². The Morgan fingerprint density at radius 2 is 1.77 bits per heavy atom. The minimum Gasteiger partial charge on any atom is -0.506 e. The molecule has 5 rings (SSSR count). The average Bonchev–Trinajstić information content (AvgIpc) is 3.35. The minimum absolute atomic E-state index is 0.0784. The predicted molar refractivity (Wildman–Crippen MR) is 141 cm³/mol. The number of benzene rings is 2. The lowest BCUT2D eigenvalue weighted by molar-refractivity contribution is 0.310. The number of rotatable bonds is 6. The summed E-state index contributed by atoms with van der Waals surface area (Å²) in [7, 11) is 1.67. The molecule has 2 N–H and O–H groups in total. The van der Waals surface area contributed by atoms with E-state index in [9.17, 15) is 5.11 Å². The van der Waals surface area contributed by atoms with E-state index in [1.54, 1.807) is 13.2 Å². The van der Waals surface area contributed by atoms with Crippen molar-refractivity contribution in [3.8, 4) is 17.2 Å². The maximum absolute atomic E-state index is 10.6. The summed E-state index contributed by atoms with van der Waals surface area (Å²) in [6.45, 7) is 4.80. The highest BCUT2D eigenvalue weighted by Gasteiger charge is 2.41. The number of nitrogens with zero attached hydrogens (tertiary/aromatic N) is 3. The maximum atomic E-state index is 10.6. The van der Waals surface area contributed by atoms with Crippen molar-refractivity contribution in [3.63, 3.8) is 0 Å².